The molecule has 7 heteroatoms. The normalized spacial score (nSPS) is 10.7. The Hall–Kier alpha value is -3.66. The van der Waals surface area contributed by atoms with Crippen LogP contribution in [0.2, 0.25) is 0 Å². The standard InChI is InChI=1S/C18H14N6O/c1-25-17-5-3-2-4-13(17)10-24-11-14(9-19)15-8-12(6-7-16(15)24)18-20-22-23-21-18/h2-8,11H,10H2,1H3,(H,20,21,22,23). The molecule has 2 heterocycles. The highest BCUT2D eigenvalue weighted by atomic mass is 16.5. The molecule has 0 fully saturated rings. The SMILES string of the molecule is COc1ccccc1Cn1cc(C#N)c2cc(-c3nn[nH]n3)ccc21. The minimum atomic E-state index is 0.503. The van der Waals surface area contributed by atoms with Gasteiger partial charge in [-0.25, -0.2) is 0 Å². The Morgan fingerprint density at radius 3 is 2.88 bits per heavy atom. The first-order chi connectivity index (χ1) is 12.3. The lowest BCUT2D eigenvalue weighted by Gasteiger charge is -2.10. The van der Waals surface area contributed by atoms with Crippen LogP contribution in [0.3, 0.4) is 0 Å². The van der Waals surface area contributed by atoms with Crippen molar-refractivity contribution in [1.29, 1.82) is 5.26 Å². The summed E-state index contributed by atoms with van der Waals surface area (Å²) in [5, 5.41) is 24.4. The molecule has 0 aliphatic heterocycles. The first kappa shape index (κ1) is 14.9. The molecule has 0 saturated heterocycles. The highest BCUT2D eigenvalue weighted by molar-refractivity contribution is 5.89. The van der Waals surface area contributed by atoms with E-state index in [9.17, 15) is 5.26 Å². The van der Waals surface area contributed by atoms with Crippen LogP contribution in [0.25, 0.3) is 22.3 Å². The molecule has 4 rings (SSSR count). The Balaban J connectivity index is 1.81. The van der Waals surface area contributed by atoms with Gasteiger partial charge in [0.1, 0.15) is 11.8 Å². The monoisotopic (exact) mass is 330 g/mol. The molecule has 0 spiro atoms. The molecule has 2 aromatic heterocycles. The molecule has 0 unspecified atom stereocenters. The average Bonchev–Trinajstić information content (AvgIpc) is 3.30. The van der Waals surface area contributed by atoms with Gasteiger partial charge in [-0.3, -0.25) is 0 Å². The molecule has 25 heavy (non-hydrogen) atoms. The fraction of sp³-hybridized carbons (Fsp3) is 0.111. The van der Waals surface area contributed by atoms with E-state index < -0.39 is 0 Å². The highest BCUT2D eigenvalue weighted by Crippen LogP contribution is 2.28. The zero-order valence-corrected chi connectivity index (χ0v) is 13.5. The number of ether oxygens (including phenoxy) is 1. The number of benzene rings is 2. The molecular formula is C18H14N6O. The predicted octanol–water partition coefficient (Wildman–Crippen LogP) is 2.75. The van der Waals surface area contributed by atoms with E-state index in [4.69, 9.17) is 4.74 Å². The fourth-order valence-electron chi connectivity index (χ4n) is 2.96. The van der Waals surface area contributed by atoms with Crippen molar-refractivity contribution >= 4 is 10.9 Å². The number of fused-ring (bicyclic) bond motifs is 1. The topological polar surface area (TPSA) is 92.4 Å². The van der Waals surface area contributed by atoms with E-state index >= 15 is 0 Å². The minimum absolute atomic E-state index is 0.503. The number of para-hydroxylation sites is 1. The van der Waals surface area contributed by atoms with Crippen LogP contribution >= 0.6 is 0 Å². The van der Waals surface area contributed by atoms with Crippen LogP contribution in [0, 0.1) is 11.3 Å². The van der Waals surface area contributed by atoms with Crippen molar-refractivity contribution in [3.63, 3.8) is 0 Å². The number of nitrogens with one attached hydrogen (secondary N) is 1. The Bertz CT molecular complexity index is 1070. The molecule has 0 radical (unpaired) electrons. The maximum absolute atomic E-state index is 9.50. The maximum atomic E-state index is 9.50. The highest BCUT2D eigenvalue weighted by Gasteiger charge is 2.13. The lowest BCUT2D eigenvalue weighted by molar-refractivity contribution is 0.408. The van der Waals surface area contributed by atoms with Crippen LogP contribution in [0.1, 0.15) is 11.1 Å². The van der Waals surface area contributed by atoms with E-state index in [1.165, 1.54) is 0 Å². The summed E-state index contributed by atoms with van der Waals surface area (Å²) in [6.07, 6.45) is 1.86. The van der Waals surface area contributed by atoms with E-state index in [1.807, 2.05) is 53.2 Å². The van der Waals surface area contributed by atoms with Crippen molar-refractivity contribution in [2.24, 2.45) is 0 Å². The Morgan fingerprint density at radius 2 is 2.12 bits per heavy atom. The van der Waals surface area contributed by atoms with Crippen molar-refractivity contribution in [2.75, 3.05) is 7.11 Å². The zero-order valence-electron chi connectivity index (χ0n) is 13.5. The third-order valence-corrected chi connectivity index (χ3v) is 4.14. The van der Waals surface area contributed by atoms with Gasteiger partial charge < -0.3 is 9.30 Å². The quantitative estimate of drug-likeness (QED) is 0.621. The Kier molecular flexibility index (Phi) is 3.63. The van der Waals surface area contributed by atoms with Crippen LogP contribution in [-0.4, -0.2) is 32.3 Å². The van der Waals surface area contributed by atoms with E-state index in [0.717, 1.165) is 27.8 Å². The van der Waals surface area contributed by atoms with E-state index in [1.54, 1.807) is 7.11 Å². The number of aromatic amines is 1. The van der Waals surface area contributed by atoms with Crippen LogP contribution in [0.4, 0.5) is 0 Å². The maximum Gasteiger partial charge on any atom is 0.204 e. The third kappa shape index (κ3) is 2.60. The Labute approximate surface area is 143 Å². The van der Waals surface area contributed by atoms with Gasteiger partial charge in [0.25, 0.3) is 0 Å². The second-order valence-electron chi connectivity index (χ2n) is 5.56. The molecule has 2 aromatic carbocycles. The number of hydrogen-bond donors (Lipinski definition) is 1. The number of H-pyrrole nitrogens is 1. The second kappa shape index (κ2) is 6.09. The van der Waals surface area contributed by atoms with Crippen molar-refractivity contribution in [2.45, 2.75) is 6.54 Å². The second-order valence-corrected chi connectivity index (χ2v) is 5.56. The summed E-state index contributed by atoms with van der Waals surface area (Å²) in [7, 11) is 1.66. The van der Waals surface area contributed by atoms with Crippen molar-refractivity contribution in [3.8, 4) is 23.2 Å². The summed E-state index contributed by atoms with van der Waals surface area (Å²) >= 11 is 0. The van der Waals surface area contributed by atoms with Gasteiger partial charge in [-0.15, -0.1) is 10.2 Å². The van der Waals surface area contributed by atoms with Gasteiger partial charge in [-0.05, 0) is 29.5 Å². The number of nitrogens with zero attached hydrogens (tertiary/aromatic N) is 5. The van der Waals surface area contributed by atoms with Crippen molar-refractivity contribution in [3.05, 3.63) is 59.8 Å². The number of rotatable bonds is 4. The Morgan fingerprint density at radius 1 is 1.24 bits per heavy atom. The molecular weight excluding hydrogens is 316 g/mol. The van der Waals surface area contributed by atoms with Crippen molar-refractivity contribution < 1.29 is 4.74 Å². The lowest BCUT2D eigenvalue weighted by Crippen LogP contribution is -2.00. The summed E-state index contributed by atoms with van der Waals surface area (Å²) in [6.45, 7) is 0.615. The first-order valence-corrected chi connectivity index (χ1v) is 7.69. The van der Waals surface area contributed by atoms with Crippen LogP contribution in [-0.2, 0) is 6.54 Å². The zero-order chi connectivity index (χ0) is 17.2. The summed E-state index contributed by atoms with van der Waals surface area (Å²) in [5.74, 6) is 1.33. The molecule has 0 atom stereocenters. The van der Waals surface area contributed by atoms with Crippen LogP contribution in [0.15, 0.2) is 48.7 Å². The van der Waals surface area contributed by atoms with Gasteiger partial charge >= 0.3 is 0 Å². The van der Waals surface area contributed by atoms with Gasteiger partial charge in [0.2, 0.25) is 5.82 Å². The molecule has 0 bridgehead atoms. The predicted molar refractivity (Wildman–Crippen MR) is 91.9 cm³/mol. The van der Waals surface area contributed by atoms with Gasteiger partial charge in [0, 0.05) is 28.2 Å². The largest absolute Gasteiger partial charge is 0.496 e. The number of nitriles is 1. The summed E-state index contributed by atoms with van der Waals surface area (Å²) < 4.78 is 7.47. The number of tetrazole rings is 1. The molecule has 0 aliphatic carbocycles. The lowest BCUT2D eigenvalue weighted by atomic mass is 10.1. The van der Waals surface area contributed by atoms with Gasteiger partial charge in [-0.1, -0.05) is 18.2 Å². The molecule has 0 aliphatic rings. The number of hydrogen-bond acceptors (Lipinski definition) is 5. The van der Waals surface area contributed by atoms with Crippen LogP contribution in [0.5, 0.6) is 5.75 Å². The molecule has 1 N–H and O–H groups in total. The molecule has 0 saturated carbocycles. The van der Waals surface area contributed by atoms with Crippen molar-refractivity contribution in [1.82, 2.24) is 25.2 Å². The fourth-order valence-corrected chi connectivity index (χ4v) is 2.96. The molecule has 0 amide bonds. The molecule has 122 valence electrons. The van der Waals surface area contributed by atoms with E-state index in [-0.39, 0.29) is 0 Å². The van der Waals surface area contributed by atoms with Gasteiger partial charge in [0.15, 0.2) is 0 Å². The van der Waals surface area contributed by atoms with Gasteiger partial charge in [-0.2, -0.15) is 10.5 Å². The molecule has 7 nitrogen and oxygen atoms in total. The summed E-state index contributed by atoms with van der Waals surface area (Å²) in [6, 6.07) is 15.9. The summed E-state index contributed by atoms with van der Waals surface area (Å²) in [5.41, 5.74) is 3.44. The first-order valence-electron chi connectivity index (χ1n) is 7.69. The van der Waals surface area contributed by atoms with E-state index in [2.05, 4.69) is 26.7 Å². The molecule has 4 aromatic rings. The number of methoxy groups -OCH3 is 1. The van der Waals surface area contributed by atoms with Crippen LogP contribution < -0.4 is 4.74 Å². The number of aromatic nitrogens is 5. The van der Waals surface area contributed by atoms with Gasteiger partial charge in [0.05, 0.1) is 19.2 Å². The average molecular weight is 330 g/mol. The smallest absolute Gasteiger partial charge is 0.204 e. The van der Waals surface area contributed by atoms with E-state index in [0.29, 0.717) is 17.9 Å². The third-order valence-electron chi connectivity index (χ3n) is 4.14. The summed E-state index contributed by atoms with van der Waals surface area (Å²) in [4.78, 5) is 0. The minimum Gasteiger partial charge on any atom is -0.496 e.